The average molecular weight is 245 g/mol. The number of carbonyl (C=O) groups is 2. The van der Waals surface area contributed by atoms with E-state index in [4.69, 9.17) is 5.11 Å². The number of rotatable bonds is 5. The standard InChI is InChI=1S/C12H23NO4/c1-7(12(3,4)5)6-9(15)13-10(8(2)14)11(16)17/h7-8,10,14H,6H2,1-5H3,(H,13,15)(H,16,17). The Balaban J connectivity index is 4.40. The molecule has 0 heterocycles. The molecule has 3 unspecified atom stereocenters. The molecule has 0 aromatic heterocycles. The van der Waals surface area contributed by atoms with Crippen LogP contribution < -0.4 is 5.32 Å². The van der Waals surface area contributed by atoms with Gasteiger partial charge in [-0.3, -0.25) is 4.79 Å². The SMILES string of the molecule is CC(O)C(NC(=O)CC(C)C(C)(C)C)C(=O)O. The number of nitrogens with one attached hydrogen (secondary N) is 1. The highest BCUT2D eigenvalue weighted by Crippen LogP contribution is 2.27. The Hall–Kier alpha value is -1.10. The lowest BCUT2D eigenvalue weighted by molar-refractivity contribution is -0.145. The second kappa shape index (κ2) is 6.00. The van der Waals surface area contributed by atoms with Gasteiger partial charge in [-0.15, -0.1) is 0 Å². The summed E-state index contributed by atoms with van der Waals surface area (Å²) in [5, 5.41) is 20.4. The van der Waals surface area contributed by atoms with E-state index in [0.29, 0.717) is 0 Å². The molecule has 0 saturated heterocycles. The first-order valence-corrected chi connectivity index (χ1v) is 5.76. The van der Waals surface area contributed by atoms with Crippen molar-refractivity contribution in [1.29, 1.82) is 0 Å². The molecule has 5 nitrogen and oxygen atoms in total. The highest BCUT2D eigenvalue weighted by molar-refractivity contribution is 5.84. The highest BCUT2D eigenvalue weighted by Gasteiger charge is 2.27. The van der Waals surface area contributed by atoms with Crippen LogP contribution in [-0.2, 0) is 9.59 Å². The molecule has 0 aromatic rings. The number of amides is 1. The molecule has 0 fully saturated rings. The fourth-order valence-electron chi connectivity index (χ4n) is 1.21. The molecule has 3 atom stereocenters. The number of hydrogen-bond acceptors (Lipinski definition) is 3. The predicted octanol–water partition coefficient (Wildman–Crippen LogP) is 1.01. The second-order valence-corrected chi connectivity index (χ2v) is 5.60. The molecule has 3 N–H and O–H groups in total. The monoisotopic (exact) mass is 245 g/mol. The summed E-state index contributed by atoms with van der Waals surface area (Å²) in [4.78, 5) is 22.4. The van der Waals surface area contributed by atoms with Crippen molar-refractivity contribution in [1.82, 2.24) is 5.32 Å². The van der Waals surface area contributed by atoms with Gasteiger partial charge in [0.25, 0.3) is 0 Å². The zero-order valence-electron chi connectivity index (χ0n) is 11.2. The van der Waals surface area contributed by atoms with E-state index in [-0.39, 0.29) is 23.7 Å². The van der Waals surface area contributed by atoms with Gasteiger partial charge in [-0.1, -0.05) is 27.7 Å². The van der Waals surface area contributed by atoms with Crippen molar-refractivity contribution in [2.75, 3.05) is 0 Å². The summed E-state index contributed by atoms with van der Waals surface area (Å²) in [6, 6.07) is -1.24. The molecule has 0 aliphatic rings. The number of carboxylic acids is 1. The molecule has 0 aliphatic carbocycles. The number of carbonyl (C=O) groups excluding carboxylic acids is 1. The van der Waals surface area contributed by atoms with Crippen molar-refractivity contribution >= 4 is 11.9 Å². The van der Waals surface area contributed by atoms with Crippen molar-refractivity contribution in [3.8, 4) is 0 Å². The molecule has 0 spiro atoms. The van der Waals surface area contributed by atoms with Crippen LogP contribution in [0.2, 0.25) is 0 Å². The molecule has 0 aromatic carbocycles. The van der Waals surface area contributed by atoms with Crippen molar-refractivity contribution in [2.45, 2.75) is 53.2 Å². The normalized spacial score (nSPS) is 17.1. The van der Waals surface area contributed by atoms with Crippen molar-refractivity contribution in [3.63, 3.8) is 0 Å². The molecule has 17 heavy (non-hydrogen) atoms. The van der Waals surface area contributed by atoms with Crippen LogP contribution in [0.5, 0.6) is 0 Å². The molecule has 0 bridgehead atoms. The van der Waals surface area contributed by atoms with Crippen LogP contribution in [0.3, 0.4) is 0 Å². The molecular formula is C12H23NO4. The Morgan fingerprint density at radius 2 is 1.71 bits per heavy atom. The van der Waals surface area contributed by atoms with Gasteiger partial charge in [0.2, 0.25) is 5.91 Å². The number of aliphatic carboxylic acids is 1. The zero-order valence-corrected chi connectivity index (χ0v) is 11.2. The number of aliphatic hydroxyl groups excluding tert-OH is 1. The molecule has 0 aliphatic heterocycles. The summed E-state index contributed by atoms with van der Waals surface area (Å²) in [6.07, 6.45) is -0.860. The van der Waals surface area contributed by atoms with Gasteiger partial charge >= 0.3 is 5.97 Å². The van der Waals surface area contributed by atoms with Gasteiger partial charge < -0.3 is 15.5 Å². The first kappa shape index (κ1) is 15.9. The maximum atomic E-state index is 11.6. The van der Waals surface area contributed by atoms with Gasteiger partial charge in [0.05, 0.1) is 6.10 Å². The lowest BCUT2D eigenvalue weighted by atomic mass is 9.80. The molecule has 1 amide bonds. The fourth-order valence-corrected chi connectivity index (χ4v) is 1.21. The average Bonchev–Trinajstić information content (AvgIpc) is 2.11. The van der Waals surface area contributed by atoms with Gasteiger partial charge in [0.15, 0.2) is 6.04 Å². The Morgan fingerprint density at radius 3 is 2.00 bits per heavy atom. The summed E-state index contributed by atoms with van der Waals surface area (Å²) in [7, 11) is 0. The van der Waals surface area contributed by atoms with Gasteiger partial charge in [-0.25, -0.2) is 4.79 Å². The third kappa shape index (κ3) is 5.68. The van der Waals surface area contributed by atoms with Crippen LogP contribution in [0.15, 0.2) is 0 Å². The minimum absolute atomic E-state index is 0.0130. The molecule has 0 saturated carbocycles. The van der Waals surface area contributed by atoms with E-state index in [9.17, 15) is 14.7 Å². The number of aliphatic hydroxyl groups is 1. The summed E-state index contributed by atoms with van der Waals surface area (Å²) in [6.45, 7) is 9.35. The van der Waals surface area contributed by atoms with Crippen LogP contribution >= 0.6 is 0 Å². The van der Waals surface area contributed by atoms with Crippen LogP contribution in [-0.4, -0.2) is 34.2 Å². The van der Waals surface area contributed by atoms with Crippen LogP contribution in [0.1, 0.15) is 41.0 Å². The van der Waals surface area contributed by atoms with E-state index < -0.39 is 18.1 Å². The van der Waals surface area contributed by atoms with Crippen molar-refractivity contribution < 1.29 is 19.8 Å². The van der Waals surface area contributed by atoms with E-state index in [1.165, 1.54) is 6.92 Å². The van der Waals surface area contributed by atoms with Crippen LogP contribution in [0, 0.1) is 11.3 Å². The lowest BCUT2D eigenvalue weighted by Crippen LogP contribution is -2.48. The van der Waals surface area contributed by atoms with Crippen LogP contribution in [0.4, 0.5) is 0 Å². The largest absolute Gasteiger partial charge is 0.480 e. The maximum Gasteiger partial charge on any atom is 0.328 e. The topological polar surface area (TPSA) is 86.6 Å². The Bertz CT molecular complexity index is 281. The molecular weight excluding hydrogens is 222 g/mol. The first-order chi connectivity index (χ1) is 7.55. The molecule has 0 radical (unpaired) electrons. The summed E-state index contributed by atoms with van der Waals surface area (Å²) in [5.41, 5.74) is -0.0130. The Labute approximate surface area is 102 Å². The van der Waals surface area contributed by atoms with Gasteiger partial charge in [-0.2, -0.15) is 0 Å². The zero-order chi connectivity index (χ0) is 13.8. The third-order valence-electron chi connectivity index (χ3n) is 3.03. The van der Waals surface area contributed by atoms with E-state index >= 15 is 0 Å². The minimum Gasteiger partial charge on any atom is -0.480 e. The van der Waals surface area contributed by atoms with Gasteiger partial charge in [-0.05, 0) is 18.3 Å². The number of carboxylic acid groups (broad SMARTS) is 1. The van der Waals surface area contributed by atoms with E-state index in [1.807, 2.05) is 27.7 Å². The highest BCUT2D eigenvalue weighted by atomic mass is 16.4. The smallest absolute Gasteiger partial charge is 0.328 e. The minimum atomic E-state index is -1.24. The van der Waals surface area contributed by atoms with Crippen LogP contribution in [0.25, 0.3) is 0 Å². The Morgan fingerprint density at radius 1 is 1.24 bits per heavy atom. The summed E-state index contributed by atoms with van der Waals surface area (Å²) >= 11 is 0. The molecule has 5 heteroatoms. The molecule has 100 valence electrons. The third-order valence-corrected chi connectivity index (χ3v) is 3.03. The van der Waals surface area contributed by atoms with E-state index in [1.54, 1.807) is 0 Å². The van der Waals surface area contributed by atoms with Gasteiger partial charge in [0.1, 0.15) is 0 Å². The van der Waals surface area contributed by atoms with E-state index in [0.717, 1.165) is 0 Å². The fraction of sp³-hybridized carbons (Fsp3) is 0.833. The molecule has 0 rings (SSSR count). The lowest BCUT2D eigenvalue weighted by Gasteiger charge is -2.27. The van der Waals surface area contributed by atoms with E-state index in [2.05, 4.69) is 5.32 Å². The maximum absolute atomic E-state index is 11.6. The van der Waals surface area contributed by atoms with Crippen molar-refractivity contribution in [2.24, 2.45) is 11.3 Å². The first-order valence-electron chi connectivity index (χ1n) is 5.76. The number of hydrogen-bond donors (Lipinski definition) is 3. The predicted molar refractivity (Wildman–Crippen MR) is 64.5 cm³/mol. The Kier molecular flexibility index (Phi) is 5.61. The second-order valence-electron chi connectivity index (χ2n) is 5.60. The van der Waals surface area contributed by atoms with Crippen molar-refractivity contribution in [3.05, 3.63) is 0 Å². The summed E-state index contributed by atoms with van der Waals surface area (Å²) < 4.78 is 0. The van der Waals surface area contributed by atoms with Gasteiger partial charge in [0, 0.05) is 6.42 Å². The quantitative estimate of drug-likeness (QED) is 0.674. The summed E-state index contributed by atoms with van der Waals surface area (Å²) in [5.74, 6) is -1.44.